The summed E-state index contributed by atoms with van der Waals surface area (Å²) in [6.07, 6.45) is -12.6. The first kappa shape index (κ1) is 28.2. The van der Waals surface area contributed by atoms with E-state index in [-0.39, 0.29) is 38.6 Å². The summed E-state index contributed by atoms with van der Waals surface area (Å²) in [6, 6.07) is 12.8. The number of hydrogen-bond donors (Lipinski definition) is 2. The van der Waals surface area contributed by atoms with Gasteiger partial charge in [0.05, 0.1) is 18.5 Å². The van der Waals surface area contributed by atoms with E-state index in [0.29, 0.717) is 11.0 Å². The van der Waals surface area contributed by atoms with Gasteiger partial charge in [-0.25, -0.2) is 4.79 Å². The molecule has 39 heavy (non-hydrogen) atoms. The highest BCUT2D eigenvalue weighted by atomic mass is 32.1. The fourth-order valence-corrected chi connectivity index (χ4v) is 5.20. The minimum atomic E-state index is -5.06. The summed E-state index contributed by atoms with van der Waals surface area (Å²) in [4.78, 5) is 26.8. The van der Waals surface area contributed by atoms with Gasteiger partial charge in [0.25, 0.3) is 5.56 Å². The highest BCUT2D eigenvalue weighted by Gasteiger charge is 2.39. The molecular formula is C25H20F6N2O5S. The van der Waals surface area contributed by atoms with Crippen LogP contribution in [0.4, 0.5) is 26.3 Å². The van der Waals surface area contributed by atoms with Gasteiger partial charge in [-0.1, -0.05) is 30.3 Å². The third kappa shape index (κ3) is 6.45. The SMILES string of the molecule is Cc1c(-c2ccc(OCCc3ccccc3)c(OC(F)(F)F)c2)sc2c1c(=O)[nH]c(=O)n2CC(O)C(F)(F)F. The van der Waals surface area contributed by atoms with Crippen LogP contribution in [0.15, 0.2) is 58.1 Å². The number of H-pyrrole nitrogens is 1. The van der Waals surface area contributed by atoms with Crippen LogP contribution >= 0.6 is 11.3 Å². The van der Waals surface area contributed by atoms with Gasteiger partial charge in [0.15, 0.2) is 17.6 Å². The Morgan fingerprint density at radius 1 is 1.03 bits per heavy atom. The van der Waals surface area contributed by atoms with Gasteiger partial charge in [0, 0.05) is 11.3 Å². The van der Waals surface area contributed by atoms with Crippen molar-refractivity contribution in [3.63, 3.8) is 0 Å². The van der Waals surface area contributed by atoms with Gasteiger partial charge >= 0.3 is 18.2 Å². The average molecular weight is 574 g/mol. The van der Waals surface area contributed by atoms with E-state index >= 15 is 0 Å². The molecule has 0 saturated carbocycles. The number of aromatic nitrogens is 2. The third-order valence-corrected chi connectivity index (χ3v) is 7.09. The lowest BCUT2D eigenvalue weighted by molar-refractivity contribution is -0.275. The third-order valence-electron chi connectivity index (χ3n) is 5.72. The monoisotopic (exact) mass is 574 g/mol. The molecule has 0 aliphatic heterocycles. The Hall–Kier alpha value is -3.78. The van der Waals surface area contributed by atoms with Gasteiger partial charge in [0.2, 0.25) is 0 Å². The van der Waals surface area contributed by atoms with E-state index in [1.165, 1.54) is 19.1 Å². The average Bonchev–Trinajstić information content (AvgIpc) is 3.19. The number of aliphatic hydroxyl groups excluding tert-OH is 1. The molecule has 4 rings (SSSR count). The van der Waals surface area contributed by atoms with Crippen molar-refractivity contribution in [1.29, 1.82) is 0 Å². The molecule has 0 spiro atoms. The molecule has 0 bridgehead atoms. The first-order chi connectivity index (χ1) is 18.2. The Bertz CT molecular complexity index is 1590. The highest BCUT2D eigenvalue weighted by molar-refractivity contribution is 7.22. The molecule has 2 heterocycles. The lowest BCUT2D eigenvalue weighted by Crippen LogP contribution is -2.38. The number of aromatic amines is 1. The van der Waals surface area contributed by atoms with E-state index in [9.17, 15) is 41.0 Å². The van der Waals surface area contributed by atoms with E-state index in [0.717, 1.165) is 23.0 Å². The number of nitrogens with one attached hydrogen (secondary N) is 1. The Kier molecular flexibility index (Phi) is 7.80. The fraction of sp³-hybridized carbons (Fsp3) is 0.280. The van der Waals surface area contributed by atoms with E-state index in [1.807, 2.05) is 35.3 Å². The van der Waals surface area contributed by atoms with Crippen LogP contribution in [0.3, 0.4) is 0 Å². The van der Waals surface area contributed by atoms with Crippen molar-refractivity contribution in [2.45, 2.75) is 38.5 Å². The maximum absolute atomic E-state index is 13.2. The number of halogens is 6. The Morgan fingerprint density at radius 2 is 1.72 bits per heavy atom. The van der Waals surface area contributed by atoms with Crippen molar-refractivity contribution in [2.24, 2.45) is 0 Å². The molecule has 7 nitrogen and oxygen atoms in total. The van der Waals surface area contributed by atoms with Crippen LogP contribution in [0.5, 0.6) is 11.5 Å². The van der Waals surface area contributed by atoms with Crippen LogP contribution in [-0.4, -0.2) is 39.9 Å². The number of ether oxygens (including phenoxy) is 2. The summed E-state index contributed by atoms with van der Waals surface area (Å²) in [5.41, 5.74) is -0.812. The topological polar surface area (TPSA) is 93.5 Å². The van der Waals surface area contributed by atoms with Gasteiger partial charge < -0.3 is 14.6 Å². The highest BCUT2D eigenvalue weighted by Crippen LogP contribution is 2.41. The smallest absolute Gasteiger partial charge is 0.489 e. The molecule has 0 fully saturated rings. The number of fused-ring (bicyclic) bond motifs is 1. The summed E-state index contributed by atoms with van der Waals surface area (Å²) >= 11 is 0.719. The number of aliphatic hydroxyl groups is 1. The molecule has 208 valence electrons. The molecule has 2 aromatic carbocycles. The molecule has 0 saturated heterocycles. The Labute approximate surface area is 219 Å². The van der Waals surface area contributed by atoms with Crippen LogP contribution in [0.1, 0.15) is 11.1 Å². The summed E-state index contributed by atoms with van der Waals surface area (Å²) in [5.74, 6) is -0.863. The Balaban J connectivity index is 1.74. The van der Waals surface area contributed by atoms with Gasteiger partial charge in [-0.05, 0) is 41.8 Å². The lowest BCUT2D eigenvalue weighted by atomic mass is 10.1. The molecule has 0 radical (unpaired) electrons. The van der Waals surface area contributed by atoms with E-state index in [2.05, 4.69) is 4.74 Å². The summed E-state index contributed by atoms with van der Waals surface area (Å²) < 4.78 is 88.7. The summed E-state index contributed by atoms with van der Waals surface area (Å²) in [5, 5.41) is 9.36. The normalized spacial score (nSPS) is 13.0. The van der Waals surface area contributed by atoms with Crippen LogP contribution in [0, 0.1) is 6.92 Å². The first-order valence-corrected chi connectivity index (χ1v) is 12.1. The number of benzene rings is 2. The van der Waals surface area contributed by atoms with Gasteiger partial charge in [-0.3, -0.25) is 14.3 Å². The maximum Gasteiger partial charge on any atom is 0.573 e. The number of aryl methyl sites for hydroxylation is 1. The van der Waals surface area contributed by atoms with E-state index in [4.69, 9.17) is 4.74 Å². The van der Waals surface area contributed by atoms with Gasteiger partial charge in [0.1, 0.15) is 4.83 Å². The summed E-state index contributed by atoms with van der Waals surface area (Å²) in [7, 11) is 0. The second-order valence-electron chi connectivity index (χ2n) is 8.46. The van der Waals surface area contributed by atoms with E-state index in [1.54, 1.807) is 0 Å². The van der Waals surface area contributed by atoms with Gasteiger partial charge in [-0.15, -0.1) is 24.5 Å². The van der Waals surface area contributed by atoms with E-state index < -0.39 is 42.2 Å². The molecule has 1 atom stereocenters. The molecule has 0 amide bonds. The Morgan fingerprint density at radius 3 is 2.36 bits per heavy atom. The molecule has 4 aromatic rings. The van der Waals surface area contributed by atoms with Crippen molar-refractivity contribution in [3.05, 3.63) is 80.5 Å². The first-order valence-electron chi connectivity index (χ1n) is 11.3. The maximum atomic E-state index is 13.2. The standard InChI is InChI=1S/C25H20F6N2O5S/c1-13-19-21(35)32-23(36)33(12-18(34)24(26,27)28)22(19)39-20(13)15-7-8-16(17(11-15)38-25(29,30)31)37-10-9-14-5-3-2-4-6-14/h2-8,11,18,34H,9-10,12H2,1H3,(H,32,35,36). The molecular weight excluding hydrogens is 554 g/mol. The predicted octanol–water partition coefficient (Wildman–Crippen LogP) is 5.17. The van der Waals surface area contributed by atoms with Crippen LogP contribution in [0.2, 0.25) is 0 Å². The summed E-state index contributed by atoms with van der Waals surface area (Å²) in [6.45, 7) is 0.293. The minimum absolute atomic E-state index is 0.0443. The second kappa shape index (κ2) is 10.8. The molecule has 1 unspecified atom stereocenters. The number of nitrogens with zero attached hydrogens (tertiary/aromatic N) is 1. The van der Waals surface area contributed by atoms with Crippen molar-refractivity contribution in [1.82, 2.24) is 9.55 Å². The molecule has 2 aromatic heterocycles. The number of alkyl halides is 6. The molecule has 0 aliphatic rings. The largest absolute Gasteiger partial charge is 0.573 e. The minimum Gasteiger partial charge on any atom is -0.489 e. The zero-order valence-electron chi connectivity index (χ0n) is 20.0. The fourth-order valence-electron chi connectivity index (χ4n) is 3.89. The molecule has 2 N–H and O–H groups in total. The van der Waals surface area contributed by atoms with Crippen molar-refractivity contribution in [3.8, 4) is 21.9 Å². The number of hydrogen-bond acceptors (Lipinski definition) is 6. The molecule has 14 heteroatoms. The second-order valence-corrected chi connectivity index (χ2v) is 9.46. The van der Waals surface area contributed by atoms with Crippen LogP contribution < -0.4 is 20.7 Å². The lowest BCUT2D eigenvalue weighted by Gasteiger charge is -2.16. The predicted molar refractivity (Wildman–Crippen MR) is 131 cm³/mol. The zero-order valence-corrected chi connectivity index (χ0v) is 20.8. The van der Waals surface area contributed by atoms with Crippen LogP contribution in [0.25, 0.3) is 20.7 Å². The number of rotatable bonds is 8. The van der Waals surface area contributed by atoms with Gasteiger partial charge in [-0.2, -0.15) is 13.2 Å². The number of thiophene rings is 1. The van der Waals surface area contributed by atoms with Crippen molar-refractivity contribution >= 4 is 21.6 Å². The van der Waals surface area contributed by atoms with Crippen molar-refractivity contribution < 1.29 is 40.9 Å². The van der Waals surface area contributed by atoms with Crippen molar-refractivity contribution in [2.75, 3.05) is 6.61 Å². The molecule has 0 aliphatic carbocycles. The van der Waals surface area contributed by atoms with Crippen LogP contribution in [-0.2, 0) is 13.0 Å². The zero-order chi connectivity index (χ0) is 28.5. The quantitative estimate of drug-likeness (QED) is 0.284.